The molecular formula is C16H20N2O5. The number of benzene rings is 1. The molecule has 0 N–H and O–H groups in total. The molecule has 1 heterocycles. The van der Waals surface area contributed by atoms with Gasteiger partial charge in [-0.3, -0.25) is 10.1 Å². The third kappa shape index (κ3) is 4.09. The average Bonchev–Trinajstić information content (AvgIpc) is 2.98. The van der Waals surface area contributed by atoms with E-state index in [1.54, 1.807) is 38.3 Å². The first kappa shape index (κ1) is 18.2. The zero-order chi connectivity index (χ0) is 16.1. The van der Waals surface area contributed by atoms with Crippen LogP contribution in [0.5, 0.6) is 5.75 Å². The molecular weight excluding hydrogens is 300 g/mol. The van der Waals surface area contributed by atoms with Crippen LogP contribution < -0.4 is 4.74 Å². The van der Waals surface area contributed by atoms with E-state index in [0.717, 1.165) is 0 Å². The second-order valence-electron chi connectivity index (χ2n) is 4.50. The Hall–Kier alpha value is -2.83. The Morgan fingerprint density at radius 2 is 1.96 bits per heavy atom. The molecule has 2 aromatic rings. The molecule has 0 spiro atoms. The average molecular weight is 320 g/mol. The van der Waals surface area contributed by atoms with Gasteiger partial charge >= 0.3 is 5.97 Å². The predicted octanol–water partition coefficient (Wildman–Crippen LogP) is 3.19. The molecule has 0 radical (unpaired) electrons. The molecule has 7 heteroatoms. The summed E-state index contributed by atoms with van der Waals surface area (Å²) in [4.78, 5) is 22.5. The first-order chi connectivity index (χ1) is 10.6. The Bertz CT molecular complexity index is 663. The molecule has 0 amide bonds. The van der Waals surface area contributed by atoms with Gasteiger partial charge in [-0.1, -0.05) is 19.6 Å². The van der Waals surface area contributed by atoms with Crippen LogP contribution in [0.15, 0.2) is 42.7 Å². The minimum absolute atomic E-state index is 0. The summed E-state index contributed by atoms with van der Waals surface area (Å²) in [6.45, 7) is 1.94. The summed E-state index contributed by atoms with van der Waals surface area (Å²) in [7, 11) is 1.55. The minimum atomic E-state index is -0.778. The van der Waals surface area contributed by atoms with Crippen LogP contribution in [-0.4, -0.2) is 29.2 Å². The highest BCUT2D eigenvalue weighted by Crippen LogP contribution is 2.25. The lowest BCUT2D eigenvalue weighted by molar-refractivity contribution is -0.384. The van der Waals surface area contributed by atoms with Gasteiger partial charge in [0.2, 0.25) is 0 Å². The van der Waals surface area contributed by atoms with Crippen molar-refractivity contribution in [1.29, 1.82) is 0 Å². The maximum atomic E-state index is 12.2. The fraction of sp³-hybridized carbons (Fsp3) is 0.312. The second kappa shape index (κ2) is 7.98. The molecule has 0 aliphatic heterocycles. The third-order valence-corrected chi connectivity index (χ3v) is 3.15. The van der Waals surface area contributed by atoms with Gasteiger partial charge in [-0.2, -0.15) is 0 Å². The molecule has 0 saturated carbocycles. The van der Waals surface area contributed by atoms with Crippen LogP contribution in [0.3, 0.4) is 0 Å². The Kier molecular flexibility index (Phi) is 6.32. The van der Waals surface area contributed by atoms with Crippen LogP contribution in [-0.2, 0) is 9.53 Å². The van der Waals surface area contributed by atoms with Crippen molar-refractivity contribution in [2.24, 2.45) is 0 Å². The van der Waals surface area contributed by atoms with Crippen molar-refractivity contribution >= 4 is 11.7 Å². The summed E-state index contributed by atoms with van der Waals surface area (Å²) in [5, 5.41) is 10.8. The number of aromatic nitrogens is 1. The lowest BCUT2D eigenvalue weighted by Gasteiger charge is -2.17. The van der Waals surface area contributed by atoms with Crippen molar-refractivity contribution in [1.82, 2.24) is 4.57 Å². The molecule has 7 nitrogen and oxygen atoms in total. The van der Waals surface area contributed by atoms with Gasteiger partial charge in [0, 0.05) is 12.3 Å². The van der Waals surface area contributed by atoms with Crippen molar-refractivity contribution in [2.75, 3.05) is 13.7 Å². The van der Waals surface area contributed by atoms with E-state index in [1.165, 1.54) is 23.0 Å². The molecule has 23 heavy (non-hydrogen) atoms. The van der Waals surface area contributed by atoms with E-state index >= 15 is 0 Å². The van der Waals surface area contributed by atoms with Gasteiger partial charge in [0.15, 0.2) is 6.04 Å². The van der Waals surface area contributed by atoms with Crippen molar-refractivity contribution < 1.29 is 19.2 Å². The van der Waals surface area contributed by atoms with E-state index in [0.29, 0.717) is 11.3 Å². The lowest BCUT2D eigenvalue weighted by atomic mass is 10.1. The Morgan fingerprint density at radius 3 is 2.43 bits per heavy atom. The van der Waals surface area contributed by atoms with E-state index < -0.39 is 16.9 Å². The Labute approximate surface area is 134 Å². The molecule has 1 atom stereocenters. The number of ether oxygens (including phenoxy) is 2. The topological polar surface area (TPSA) is 83.6 Å². The van der Waals surface area contributed by atoms with Gasteiger partial charge in [0.25, 0.3) is 5.69 Å². The second-order valence-corrected chi connectivity index (χ2v) is 4.50. The highest BCUT2D eigenvalue weighted by molar-refractivity contribution is 5.78. The smallest absolute Gasteiger partial charge is 0.333 e. The molecule has 0 bridgehead atoms. The molecule has 1 aromatic heterocycles. The van der Waals surface area contributed by atoms with Gasteiger partial charge in [-0.05, 0) is 24.6 Å². The van der Waals surface area contributed by atoms with Gasteiger partial charge in [0.05, 0.1) is 24.8 Å². The number of nitrogens with zero attached hydrogens (tertiary/aromatic N) is 2. The zero-order valence-electron chi connectivity index (χ0n) is 12.3. The van der Waals surface area contributed by atoms with Gasteiger partial charge in [-0.15, -0.1) is 0 Å². The highest BCUT2D eigenvalue weighted by atomic mass is 16.6. The van der Waals surface area contributed by atoms with Crippen molar-refractivity contribution in [3.8, 4) is 5.75 Å². The maximum absolute atomic E-state index is 12.2. The summed E-state index contributed by atoms with van der Waals surface area (Å²) in [5.41, 5.74) is 0.576. The molecule has 0 saturated heterocycles. The normalized spacial score (nSPS) is 11.2. The predicted molar refractivity (Wildman–Crippen MR) is 85.6 cm³/mol. The summed E-state index contributed by atoms with van der Waals surface area (Å²) >= 11 is 0. The van der Waals surface area contributed by atoms with Crippen LogP contribution in [0.2, 0.25) is 0 Å². The molecule has 0 fully saturated rings. The lowest BCUT2D eigenvalue weighted by Crippen LogP contribution is -2.22. The number of hydrogen-bond acceptors (Lipinski definition) is 5. The van der Waals surface area contributed by atoms with E-state index in [1.807, 2.05) is 0 Å². The summed E-state index contributed by atoms with van der Waals surface area (Å²) < 4.78 is 11.6. The molecule has 124 valence electrons. The number of esters is 1. The standard InChI is InChI=1S/C15H16N2O5.CH4/c1-3-22-15(18)14(11-4-6-13(21-2)7-5-11)16-9-8-12(10-16)17(19)20;/h4-10,14H,3H2,1-2H3;1H4. The summed E-state index contributed by atoms with van der Waals surface area (Å²) in [6.07, 6.45) is 2.80. The van der Waals surface area contributed by atoms with Crippen molar-refractivity contribution in [3.63, 3.8) is 0 Å². The Balaban J connectivity index is 0.00000264. The Morgan fingerprint density at radius 1 is 1.30 bits per heavy atom. The fourth-order valence-corrected chi connectivity index (χ4v) is 2.11. The number of rotatable bonds is 6. The summed E-state index contributed by atoms with van der Waals surface area (Å²) in [5.74, 6) is 0.183. The fourth-order valence-electron chi connectivity index (χ4n) is 2.11. The number of carbonyl (C=O) groups excluding carboxylic acids is 1. The molecule has 2 rings (SSSR count). The van der Waals surface area contributed by atoms with Crippen LogP contribution in [0.25, 0.3) is 0 Å². The molecule has 0 aliphatic carbocycles. The minimum Gasteiger partial charge on any atom is -0.497 e. The van der Waals surface area contributed by atoms with Gasteiger partial charge in [-0.25, -0.2) is 4.79 Å². The van der Waals surface area contributed by atoms with Crippen LogP contribution >= 0.6 is 0 Å². The number of hydrogen-bond donors (Lipinski definition) is 0. The quantitative estimate of drug-likeness (QED) is 0.463. The SMILES string of the molecule is C.CCOC(=O)C(c1ccc(OC)cc1)n1ccc([N+](=O)[O-])c1. The first-order valence-corrected chi connectivity index (χ1v) is 6.69. The zero-order valence-corrected chi connectivity index (χ0v) is 12.3. The van der Waals surface area contributed by atoms with Gasteiger partial charge < -0.3 is 14.0 Å². The monoisotopic (exact) mass is 320 g/mol. The summed E-state index contributed by atoms with van der Waals surface area (Å²) in [6, 6.07) is 7.47. The van der Waals surface area contributed by atoms with Crippen LogP contribution in [0.4, 0.5) is 5.69 Å². The largest absolute Gasteiger partial charge is 0.497 e. The number of nitro groups is 1. The van der Waals surface area contributed by atoms with E-state index in [2.05, 4.69) is 0 Å². The first-order valence-electron chi connectivity index (χ1n) is 6.69. The van der Waals surface area contributed by atoms with Crippen molar-refractivity contribution in [2.45, 2.75) is 20.4 Å². The number of carbonyl (C=O) groups is 1. The maximum Gasteiger partial charge on any atom is 0.333 e. The van der Waals surface area contributed by atoms with Crippen LogP contribution in [0, 0.1) is 10.1 Å². The van der Waals surface area contributed by atoms with E-state index in [9.17, 15) is 14.9 Å². The third-order valence-electron chi connectivity index (χ3n) is 3.15. The van der Waals surface area contributed by atoms with Crippen LogP contribution in [0.1, 0.15) is 26.0 Å². The molecule has 1 unspecified atom stereocenters. The van der Waals surface area contributed by atoms with Crippen molar-refractivity contribution in [3.05, 3.63) is 58.4 Å². The number of methoxy groups -OCH3 is 1. The van der Waals surface area contributed by atoms with Gasteiger partial charge in [0.1, 0.15) is 5.75 Å². The molecule has 1 aromatic carbocycles. The van der Waals surface area contributed by atoms with E-state index in [4.69, 9.17) is 9.47 Å². The van der Waals surface area contributed by atoms with E-state index in [-0.39, 0.29) is 19.7 Å². The molecule has 0 aliphatic rings. The highest BCUT2D eigenvalue weighted by Gasteiger charge is 2.25.